The van der Waals surface area contributed by atoms with Crippen LogP contribution in [0.3, 0.4) is 0 Å². The first-order valence-electron chi connectivity index (χ1n) is 13.0. The van der Waals surface area contributed by atoms with Crippen LogP contribution in [-0.4, -0.2) is 66.4 Å². The molecule has 2 heterocycles. The van der Waals surface area contributed by atoms with Gasteiger partial charge in [0.05, 0.1) is 17.8 Å². The highest BCUT2D eigenvalue weighted by Crippen LogP contribution is 2.39. The second kappa shape index (κ2) is 12.1. The lowest BCUT2D eigenvalue weighted by Gasteiger charge is -2.33. The van der Waals surface area contributed by atoms with Gasteiger partial charge in [-0.3, -0.25) is 14.5 Å². The fourth-order valence-electron chi connectivity index (χ4n) is 4.67. The van der Waals surface area contributed by atoms with Crippen molar-refractivity contribution in [1.29, 1.82) is 0 Å². The molecule has 0 saturated carbocycles. The van der Waals surface area contributed by atoms with Crippen molar-refractivity contribution in [1.82, 2.24) is 20.1 Å². The molecule has 0 spiro atoms. The lowest BCUT2D eigenvalue weighted by molar-refractivity contribution is -0.140. The number of imide groups is 1. The smallest absolute Gasteiger partial charge is 0.326 e. The molecule has 0 aliphatic carbocycles. The number of nitrogens with zero attached hydrogens (tertiary/aromatic N) is 3. The van der Waals surface area contributed by atoms with Crippen molar-refractivity contribution in [2.24, 2.45) is 5.92 Å². The van der Waals surface area contributed by atoms with Crippen LogP contribution in [0.25, 0.3) is 22.4 Å². The van der Waals surface area contributed by atoms with Crippen molar-refractivity contribution in [2.75, 3.05) is 33.1 Å². The molecular weight excluding hydrogens is 530 g/mol. The Labute approximate surface area is 239 Å². The number of aromatic nitrogens is 1. The zero-order valence-corrected chi connectivity index (χ0v) is 24.3. The maximum absolute atomic E-state index is 13.1. The van der Waals surface area contributed by atoms with Crippen molar-refractivity contribution < 1.29 is 19.1 Å². The summed E-state index contributed by atoms with van der Waals surface area (Å²) >= 11 is 6.96. The predicted octanol–water partition coefficient (Wildman–Crippen LogP) is 4.96. The van der Waals surface area contributed by atoms with Crippen molar-refractivity contribution in [2.45, 2.75) is 33.4 Å². The Kier molecular flexibility index (Phi) is 8.76. The van der Waals surface area contributed by atoms with Crippen LogP contribution in [0, 0.1) is 12.8 Å². The van der Waals surface area contributed by atoms with E-state index in [0.29, 0.717) is 34.9 Å². The Morgan fingerprint density at radius 2 is 1.75 bits per heavy atom. The number of halogens is 1. The number of rotatable bonds is 8. The quantitative estimate of drug-likeness (QED) is 0.375. The molecule has 1 aromatic heterocycles. The molecule has 1 unspecified atom stereocenters. The summed E-state index contributed by atoms with van der Waals surface area (Å²) in [6.07, 6.45) is 0. The summed E-state index contributed by atoms with van der Waals surface area (Å²) in [5.41, 5.74) is 5.32. The summed E-state index contributed by atoms with van der Waals surface area (Å²) in [7, 11) is 4.54. The van der Waals surface area contributed by atoms with E-state index in [-0.39, 0.29) is 6.54 Å². The number of carbonyl (C=O) groups is 3. The van der Waals surface area contributed by atoms with Crippen molar-refractivity contribution >= 4 is 35.1 Å². The molecule has 4 amide bonds. The third-order valence-corrected chi connectivity index (χ3v) is 7.41. The maximum Gasteiger partial charge on any atom is 0.326 e. The highest BCUT2D eigenvalue weighted by Gasteiger charge is 2.39. The number of anilines is 1. The Hall–Kier alpha value is -3.95. The summed E-state index contributed by atoms with van der Waals surface area (Å²) in [6.45, 7) is 6.70. The Morgan fingerprint density at radius 1 is 1.07 bits per heavy atom. The molecular formula is C30H34ClN5O4. The van der Waals surface area contributed by atoms with Crippen LogP contribution in [-0.2, 0) is 16.1 Å². The second-order valence-electron chi connectivity index (χ2n) is 10.1. The van der Waals surface area contributed by atoms with E-state index in [2.05, 4.69) is 24.5 Å². The monoisotopic (exact) mass is 563 g/mol. The average Bonchev–Trinajstić information content (AvgIpc) is 2.94. The van der Waals surface area contributed by atoms with Gasteiger partial charge in [-0.05, 0) is 30.2 Å². The van der Waals surface area contributed by atoms with Gasteiger partial charge in [0.15, 0.2) is 0 Å². The number of urea groups is 1. The lowest BCUT2D eigenvalue weighted by atomic mass is 9.96. The molecule has 1 atom stereocenters. The van der Waals surface area contributed by atoms with E-state index >= 15 is 0 Å². The van der Waals surface area contributed by atoms with E-state index in [4.69, 9.17) is 21.3 Å². The molecule has 40 heavy (non-hydrogen) atoms. The number of amides is 4. The van der Waals surface area contributed by atoms with E-state index in [9.17, 15) is 14.4 Å². The van der Waals surface area contributed by atoms with E-state index in [1.54, 1.807) is 20.2 Å². The van der Waals surface area contributed by atoms with Gasteiger partial charge in [0.1, 0.15) is 5.92 Å². The van der Waals surface area contributed by atoms with Crippen LogP contribution in [0.2, 0.25) is 5.02 Å². The minimum absolute atomic E-state index is 0.0171. The van der Waals surface area contributed by atoms with Crippen LogP contribution in [0.15, 0.2) is 48.5 Å². The van der Waals surface area contributed by atoms with Crippen LogP contribution in [0.4, 0.5) is 10.5 Å². The number of hydrogen-bond donors (Lipinski definition) is 2. The van der Waals surface area contributed by atoms with Crippen LogP contribution < -0.4 is 15.4 Å². The maximum atomic E-state index is 13.1. The van der Waals surface area contributed by atoms with Gasteiger partial charge >= 0.3 is 6.03 Å². The highest BCUT2D eigenvalue weighted by molar-refractivity contribution is 6.36. The minimum Gasteiger partial charge on any atom is -0.481 e. The molecule has 3 aromatic rings. The fourth-order valence-corrected chi connectivity index (χ4v) is 5.00. The van der Waals surface area contributed by atoms with Gasteiger partial charge < -0.3 is 20.3 Å². The largest absolute Gasteiger partial charge is 0.481 e. The second-order valence-corrected chi connectivity index (χ2v) is 10.5. The summed E-state index contributed by atoms with van der Waals surface area (Å²) in [5, 5.41) is 6.77. The molecule has 1 fully saturated rings. The number of ether oxygens (including phenoxy) is 1. The Morgan fingerprint density at radius 3 is 2.45 bits per heavy atom. The first kappa shape index (κ1) is 29.0. The van der Waals surface area contributed by atoms with Crippen molar-refractivity contribution in [3.05, 3.63) is 64.7 Å². The van der Waals surface area contributed by atoms with Gasteiger partial charge in [-0.15, -0.1) is 0 Å². The summed E-state index contributed by atoms with van der Waals surface area (Å²) in [5.74, 6) is -1.47. The molecule has 1 aliphatic heterocycles. The molecule has 2 N–H and O–H groups in total. The lowest BCUT2D eigenvalue weighted by Crippen LogP contribution is -2.56. The number of pyridine rings is 1. The topological polar surface area (TPSA) is 104 Å². The van der Waals surface area contributed by atoms with Gasteiger partial charge in [0.2, 0.25) is 17.7 Å². The first-order valence-corrected chi connectivity index (χ1v) is 13.4. The van der Waals surface area contributed by atoms with Gasteiger partial charge in [-0.2, -0.15) is 0 Å². The van der Waals surface area contributed by atoms with Crippen LogP contribution >= 0.6 is 11.6 Å². The molecule has 210 valence electrons. The normalized spacial score (nSPS) is 15.6. The molecule has 0 radical (unpaired) electrons. The number of methoxy groups -OCH3 is 1. The van der Waals surface area contributed by atoms with Gasteiger partial charge in [0, 0.05) is 55.6 Å². The third-order valence-electron chi connectivity index (χ3n) is 7.00. The van der Waals surface area contributed by atoms with E-state index < -0.39 is 23.8 Å². The third kappa shape index (κ3) is 5.80. The highest BCUT2D eigenvalue weighted by atomic mass is 35.5. The molecule has 1 saturated heterocycles. The standard InChI is InChI=1S/C30H34ClN5O4/c1-17(2)32-15-19-13-14-25(34-28(19)40-6)22-11-7-10-21(26(22)31)20-9-8-12-24(18(20)3)33-27(37)23-16-35(4)30(39)36(5)29(23)38/h7-14,17,23,32H,15-16H2,1-6H3,(H,33,37). The first-order chi connectivity index (χ1) is 19.0. The predicted molar refractivity (Wildman–Crippen MR) is 156 cm³/mol. The van der Waals surface area contributed by atoms with Crippen molar-refractivity contribution in [3.8, 4) is 28.3 Å². The average molecular weight is 564 g/mol. The van der Waals surface area contributed by atoms with E-state index in [1.807, 2.05) is 49.4 Å². The summed E-state index contributed by atoms with van der Waals surface area (Å²) < 4.78 is 5.56. The zero-order valence-electron chi connectivity index (χ0n) is 23.5. The van der Waals surface area contributed by atoms with Gasteiger partial charge in [0.25, 0.3) is 0 Å². The Bertz CT molecular complexity index is 1460. The molecule has 9 nitrogen and oxygen atoms in total. The number of benzene rings is 2. The van der Waals surface area contributed by atoms with E-state index in [1.165, 1.54) is 11.9 Å². The SMILES string of the molecule is COc1nc(-c2cccc(-c3cccc(NC(=O)C4CN(C)C(=O)N(C)C4=O)c3C)c2Cl)ccc1CNC(C)C. The van der Waals surface area contributed by atoms with E-state index in [0.717, 1.165) is 32.7 Å². The van der Waals surface area contributed by atoms with Crippen LogP contribution in [0.5, 0.6) is 5.88 Å². The Balaban J connectivity index is 1.64. The summed E-state index contributed by atoms with van der Waals surface area (Å²) in [6, 6.07) is 15.1. The molecule has 10 heteroatoms. The number of hydrogen-bond acceptors (Lipinski definition) is 6. The number of nitrogens with one attached hydrogen (secondary N) is 2. The summed E-state index contributed by atoms with van der Waals surface area (Å²) in [4.78, 5) is 44.8. The number of carbonyl (C=O) groups excluding carboxylic acids is 3. The van der Waals surface area contributed by atoms with Gasteiger partial charge in [-0.1, -0.05) is 61.8 Å². The zero-order chi connectivity index (χ0) is 29.1. The minimum atomic E-state index is -0.998. The van der Waals surface area contributed by atoms with Gasteiger partial charge in [-0.25, -0.2) is 9.78 Å². The van der Waals surface area contributed by atoms with Crippen LogP contribution in [0.1, 0.15) is 25.0 Å². The van der Waals surface area contributed by atoms with Crippen molar-refractivity contribution in [3.63, 3.8) is 0 Å². The fraction of sp³-hybridized carbons (Fsp3) is 0.333. The molecule has 2 aromatic carbocycles. The molecule has 0 bridgehead atoms. The molecule has 4 rings (SSSR count). The molecule has 1 aliphatic rings.